The number of halogens is 2. The summed E-state index contributed by atoms with van der Waals surface area (Å²) in [7, 11) is -4.43. The van der Waals surface area contributed by atoms with Gasteiger partial charge in [-0.3, -0.25) is 9.05 Å². The molecule has 0 aromatic rings. The van der Waals surface area contributed by atoms with Gasteiger partial charge in [0.2, 0.25) is 0 Å². The van der Waals surface area contributed by atoms with E-state index in [0.717, 1.165) is 19.3 Å². The van der Waals surface area contributed by atoms with Gasteiger partial charge in [0, 0.05) is 0 Å². The molecule has 2 fully saturated rings. The van der Waals surface area contributed by atoms with E-state index in [0.29, 0.717) is 0 Å². The first kappa shape index (κ1) is 9.56. The Morgan fingerprint density at radius 1 is 1.31 bits per heavy atom. The van der Waals surface area contributed by atoms with Gasteiger partial charge >= 0.3 is 7.91 Å². The molecular formula is C7H11F2O3P. The predicted octanol–water partition coefficient (Wildman–Crippen LogP) is 2.62. The Morgan fingerprint density at radius 3 is 2.23 bits per heavy atom. The maximum absolute atomic E-state index is 13.8. The van der Waals surface area contributed by atoms with Crippen molar-refractivity contribution in [3.05, 3.63) is 0 Å². The summed E-state index contributed by atoms with van der Waals surface area (Å²) in [4.78, 5) is 0. The van der Waals surface area contributed by atoms with Crippen LogP contribution in [-0.2, 0) is 13.6 Å². The van der Waals surface area contributed by atoms with Crippen molar-refractivity contribution in [3.63, 3.8) is 0 Å². The second-order valence-electron chi connectivity index (χ2n) is 3.64. The van der Waals surface area contributed by atoms with Crippen LogP contribution in [0.25, 0.3) is 0 Å². The molecule has 3 nitrogen and oxygen atoms in total. The van der Waals surface area contributed by atoms with Crippen molar-refractivity contribution in [2.24, 2.45) is 5.92 Å². The molecule has 1 heterocycles. The van der Waals surface area contributed by atoms with Crippen LogP contribution in [0.2, 0.25) is 0 Å². The van der Waals surface area contributed by atoms with Crippen LogP contribution in [0.5, 0.6) is 0 Å². The largest absolute Gasteiger partial charge is 0.513 e. The lowest BCUT2D eigenvalue weighted by molar-refractivity contribution is -0.0794. The van der Waals surface area contributed by atoms with Crippen LogP contribution >= 0.6 is 7.91 Å². The van der Waals surface area contributed by atoms with Crippen molar-refractivity contribution in [2.75, 3.05) is 13.2 Å². The summed E-state index contributed by atoms with van der Waals surface area (Å²) >= 11 is 0. The lowest BCUT2D eigenvalue weighted by atomic mass is 9.74. The highest BCUT2D eigenvalue weighted by Gasteiger charge is 2.49. The Kier molecular flexibility index (Phi) is 2.21. The molecule has 76 valence electrons. The quantitative estimate of drug-likeness (QED) is 0.626. The van der Waals surface area contributed by atoms with Gasteiger partial charge in [0.05, 0.1) is 13.2 Å². The second kappa shape index (κ2) is 3.01. The molecule has 2 rings (SSSR count). The van der Waals surface area contributed by atoms with Gasteiger partial charge in [-0.05, 0) is 18.8 Å². The van der Waals surface area contributed by atoms with Crippen LogP contribution in [0, 0.1) is 5.92 Å². The number of hydrogen-bond donors (Lipinski definition) is 0. The van der Waals surface area contributed by atoms with Crippen molar-refractivity contribution in [3.8, 4) is 0 Å². The highest BCUT2D eigenvalue weighted by molar-refractivity contribution is 7.48. The zero-order valence-electron chi connectivity index (χ0n) is 7.04. The average Bonchev–Trinajstić information content (AvgIpc) is 1.93. The fourth-order valence-electron chi connectivity index (χ4n) is 1.61. The maximum Gasteiger partial charge on any atom is 0.513 e. The molecule has 0 radical (unpaired) electrons. The van der Waals surface area contributed by atoms with E-state index in [1.807, 2.05) is 0 Å². The molecule has 1 saturated heterocycles. The molecule has 0 spiro atoms. The molecular weight excluding hydrogens is 201 g/mol. The van der Waals surface area contributed by atoms with Crippen molar-refractivity contribution >= 4 is 7.91 Å². The molecule has 6 heteroatoms. The van der Waals surface area contributed by atoms with E-state index >= 15 is 0 Å². The summed E-state index contributed by atoms with van der Waals surface area (Å²) in [6.07, 6.45) is 2.54. The minimum atomic E-state index is -4.43. The van der Waals surface area contributed by atoms with Gasteiger partial charge in [0.25, 0.3) is 0 Å². The van der Waals surface area contributed by atoms with E-state index in [-0.39, 0.29) is 5.92 Å². The molecule has 1 saturated carbocycles. The van der Waals surface area contributed by atoms with Gasteiger partial charge < -0.3 is 0 Å². The topological polar surface area (TPSA) is 35.5 Å². The van der Waals surface area contributed by atoms with E-state index < -0.39 is 26.8 Å². The minimum Gasteiger partial charge on any atom is -0.280 e. The van der Waals surface area contributed by atoms with Gasteiger partial charge in [-0.15, -0.1) is 4.20 Å². The lowest BCUT2D eigenvalue weighted by Gasteiger charge is -2.41. The fourth-order valence-corrected chi connectivity index (χ4v) is 2.42. The van der Waals surface area contributed by atoms with Crippen molar-refractivity contribution in [1.82, 2.24) is 0 Å². The van der Waals surface area contributed by atoms with Crippen LogP contribution in [0.4, 0.5) is 8.59 Å². The molecule has 0 aromatic heterocycles. The lowest BCUT2D eigenvalue weighted by Crippen LogP contribution is -2.47. The third-order valence-corrected chi connectivity index (χ3v) is 3.63. The van der Waals surface area contributed by atoms with E-state index in [9.17, 15) is 13.2 Å². The van der Waals surface area contributed by atoms with Gasteiger partial charge in [-0.1, -0.05) is 6.42 Å². The molecule has 0 amide bonds. The summed E-state index contributed by atoms with van der Waals surface area (Å²) in [6, 6.07) is 0. The standard InChI is InChI=1S/C7H11F2O3P/c8-7(6-2-1-3-6)4-11-13(9,10)12-5-7/h6H,1-5H2. The Labute approximate surface area is 75.1 Å². The number of hydrogen-bond acceptors (Lipinski definition) is 3. The van der Waals surface area contributed by atoms with Crippen LogP contribution in [0.15, 0.2) is 0 Å². The van der Waals surface area contributed by atoms with Crippen molar-refractivity contribution in [1.29, 1.82) is 0 Å². The monoisotopic (exact) mass is 212 g/mol. The van der Waals surface area contributed by atoms with Gasteiger partial charge in [0.15, 0.2) is 5.67 Å². The SMILES string of the molecule is O=P1(F)OCC(F)(C2CCC2)CO1. The third-order valence-electron chi connectivity index (χ3n) is 2.75. The predicted molar refractivity (Wildman–Crippen MR) is 41.8 cm³/mol. The summed E-state index contributed by atoms with van der Waals surface area (Å²) in [5.41, 5.74) is -1.63. The summed E-state index contributed by atoms with van der Waals surface area (Å²) in [5, 5.41) is 0. The Bertz CT molecular complexity index is 242. The van der Waals surface area contributed by atoms with E-state index in [4.69, 9.17) is 0 Å². The Hall–Kier alpha value is 0.01000. The Balaban J connectivity index is 1.99. The molecule has 0 unspecified atom stereocenters. The highest BCUT2D eigenvalue weighted by atomic mass is 31.2. The zero-order chi connectivity index (χ0) is 9.53. The molecule has 0 N–H and O–H groups in total. The van der Waals surface area contributed by atoms with Crippen LogP contribution in [-0.4, -0.2) is 18.9 Å². The second-order valence-corrected chi connectivity index (χ2v) is 5.02. The molecule has 0 aromatic carbocycles. The van der Waals surface area contributed by atoms with Crippen LogP contribution < -0.4 is 0 Å². The summed E-state index contributed by atoms with van der Waals surface area (Å²) in [6.45, 7) is -0.878. The maximum atomic E-state index is 13.8. The van der Waals surface area contributed by atoms with Crippen molar-refractivity contribution in [2.45, 2.75) is 24.9 Å². The molecule has 0 bridgehead atoms. The summed E-state index contributed by atoms with van der Waals surface area (Å²) in [5.74, 6) is -0.118. The molecule has 1 aliphatic heterocycles. The average molecular weight is 212 g/mol. The minimum absolute atomic E-state index is 0.118. The number of alkyl halides is 1. The molecule has 2 aliphatic rings. The van der Waals surface area contributed by atoms with Crippen LogP contribution in [0.1, 0.15) is 19.3 Å². The molecule has 13 heavy (non-hydrogen) atoms. The molecule has 0 atom stereocenters. The van der Waals surface area contributed by atoms with E-state index in [2.05, 4.69) is 9.05 Å². The first-order valence-corrected chi connectivity index (χ1v) is 5.73. The highest BCUT2D eigenvalue weighted by Crippen LogP contribution is 2.56. The summed E-state index contributed by atoms with van der Waals surface area (Å²) < 4.78 is 45.4. The van der Waals surface area contributed by atoms with Gasteiger partial charge in [0.1, 0.15) is 0 Å². The van der Waals surface area contributed by atoms with Crippen LogP contribution in [0.3, 0.4) is 0 Å². The fraction of sp³-hybridized carbons (Fsp3) is 1.00. The van der Waals surface area contributed by atoms with E-state index in [1.54, 1.807) is 0 Å². The van der Waals surface area contributed by atoms with Gasteiger partial charge in [-0.25, -0.2) is 8.96 Å². The zero-order valence-corrected chi connectivity index (χ0v) is 7.94. The molecule has 1 aliphatic carbocycles. The normalized spacial score (nSPS) is 47.2. The smallest absolute Gasteiger partial charge is 0.280 e. The van der Waals surface area contributed by atoms with Crippen molar-refractivity contribution < 1.29 is 22.2 Å². The first-order chi connectivity index (χ1) is 6.02. The third kappa shape index (κ3) is 1.78. The Morgan fingerprint density at radius 2 is 1.85 bits per heavy atom. The van der Waals surface area contributed by atoms with E-state index in [1.165, 1.54) is 0 Å². The first-order valence-electron chi connectivity index (χ1n) is 4.30. The number of rotatable bonds is 1. The van der Waals surface area contributed by atoms with Gasteiger partial charge in [-0.2, -0.15) is 0 Å².